The Morgan fingerprint density at radius 1 is 1.60 bits per heavy atom. The average molecular weight is 224 g/mol. The van der Waals surface area contributed by atoms with E-state index in [-0.39, 0.29) is 0 Å². The highest BCUT2D eigenvalue weighted by Gasteiger charge is 2.30. The van der Waals surface area contributed by atoms with E-state index < -0.39 is 0 Å². The molecule has 0 saturated heterocycles. The van der Waals surface area contributed by atoms with Crippen LogP contribution in [-0.2, 0) is 7.05 Å². The Morgan fingerprint density at radius 2 is 2.20 bits per heavy atom. The summed E-state index contributed by atoms with van der Waals surface area (Å²) in [5.41, 5.74) is 7.57. The number of anilines is 1. The SMILES string of the molecule is Cc1nn(C)c(N(C)C2CC2)c1C(N)=S. The number of nitrogens with zero attached hydrogens (tertiary/aromatic N) is 3. The molecule has 5 heteroatoms. The predicted molar refractivity (Wildman–Crippen MR) is 65.3 cm³/mol. The molecule has 2 N–H and O–H groups in total. The van der Waals surface area contributed by atoms with Crippen LogP contribution in [-0.4, -0.2) is 27.9 Å². The lowest BCUT2D eigenvalue weighted by Crippen LogP contribution is -2.25. The summed E-state index contributed by atoms with van der Waals surface area (Å²) in [5.74, 6) is 1.04. The van der Waals surface area contributed by atoms with Crippen molar-refractivity contribution in [2.75, 3.05) is 11.9 Å². The summed E-state index contributed by atoms with van der Waals surface area (Å²) >= 11 is 5.07. The molecular formula is C10H16N4S. The molecule has 1 saturated carbocycles. The van der Waals surface area contributed by atoms with Crippen LogP contribution in [0.4, 0.5) is 5.82 Å². The van der Waals surface area contributed by atoms with Crippen molar-refractivity contribution in [3.63, 3.8) is 0 Å². The van der Waals surface area contributed by atoms with Crippen LogP contribution in [0.25, 0.3) is 0 Å². The topological polar surface area (TPSA) is 47.1 Å². The Kier molecular flexibility index (Phi) is 2.42. The first-order valence-electron chi connectivity index (χ1n) is 5.08. The van der Waals surface area contributed by atoms with Crippen molar-refractivity contribution in [1.29, 1.82) is 0 Å². The second-order valence-electron chi connectivity index (χ2n) is 4.11. The fourth-order valence-corrected chi connectivity index (χ4v) is 2.21. The van der Waals surface area contributed by atoms with Gasteiger partial charge in [0.2, 0.25) is 0 Å². The Bertz CT molecular complexity index is 406. The molecule has 1 aliphatic carbocycles. The van der Waals surface area contributed by atoms with Crippen LogP contribution in [0.15, 0.2) is 0 Å². The van der Waals surface area contributed by atoms with Gasteiger partial charge in [-0.2, -0.15) is 5.10 Å². The summed E-state index contributed by atoms with van der Waals surface area (Å²) in [4.78, 5) is 2.66. The number of hydrogen-bond acceptors (Lipinski definition) is 3. The van der Waals surface area contributed by atoms with E-state index in [1.165, 1.54) is 12.8 Å². The summed E-state index contributed by atoms with van der Waals surface area (Å²) in [6, 6.07) is 0.632. The Hall–Kier alpha value is -1.10. The van der Waals surface area contributed by atoms with E-state index in [9.17, 15) is 0 Å². The monoisotopic (exact) mass is 224 g/mol. The molecule has 4 nitrogen and oxygen atoms in total. The van der Waals surface area contributed by atoms with E-state index in [1.54, 1.807) is 0 Å². The van der Waals surface area contributed by atoms with E-state index in [0.717, 1.165) is 17.1 Å². The van der Waals surface area contributed by atoms with Gasteiger partial charge in [-0.05, 0) is 19.8 Å². The second-order valence-corrected chi connectivity index (χ2v) is 4.55. The minimum atomic E-state index is 0.433. The molecule has 0 unspecified atom stereocenters. The maximum Gasteiger partial charge on any atom is 0.137 e. The van der Waals surface area contributed by atoms with Crippen LogP contribution in [0.2, 0.25) is 0 Å². The van der Waals surface area contributed by atoms with Gasteiger partial charge < -0.3 is 10.6 Å². The molecule has 15 heavy (non-hydrogen) atoms. The van der Waals surface area contributed by atoms with Gasteiger partial charge in [-0.25, -0.2) is 0 Å². The fraction of sp³-hybridized carbons (Fsp3) is 0.600. The minimum Gasteiger partial charge on any atom is -0.389 e. The van der Waals surface area contributed by atoms with Gasteiger partial charge in [0.25, 0.3) is 0 Å². The highest BCUT2D eigenvalue weighted by Crippen LogP contribution is 2.32. The maximum atomic E-state index is 5.74. The first kappa shape index (κ1) is 10.4. The number of aromatic nitrogens is 2. The van der Waals surface area contributed by atoms with Crippen molar-refractivity contribution in [1.82, 2.24) is 9.78 Å². The number of rotatable bonds is 3. The van der Waals surface area contributed by atoms with Gasteiger partial charge in [0.1, 0.15) is 10.8 Å². The van der Waals surface area contributed by atoms with E-state index in [1.807, 2.05) is 18.7 Å². The summed E-state index contributed by atoms with van der Waals surface area (Å²) < 4.78 is 1.86. The third-order valence-electron chi connectivity index (χ3n) is 2.87. The third kappa shape index (κ3) is 1.71. The molecule has 0 radical (unpaired) electrons. The van der Waals surface area contributed by atoms with Crippen molar-refractivity contribution >= 4 is 23.0 Å². The third-order valence-corrected chi connectivity index (χ3v) is 3.07. The lowest BCUT2D eigenvalue weighted by Gasteiger charge is -2.20. The zero-order valence-corrected chi connectivity index (χ0v) is 10.1. The van der Waals surface area contributed by atoms with Gasteiger partial charge in [0.15, 0.2) is 0 Å². The molecule has 1 aromatic heterocycles. The molecule has 1 fully saturated rings. The van der Waals surface area contributed by atoms with E-state index >= 15 is 0 Å². The van der Waals surface area contributed by atoms with Crippen molar-refractivity contribution in [3.05, 3.63) is 11.3 Å². The van der Waals surface area contributed by atoms with Gasteiger partial charge in [-0.3, -0.25) is 4.68 Å². The average Bonchev–Trinajstić information content (AvgIpc) is 2.90. The van der Waals surface area contributed by atoms with Crippen molar-refractivity contribution in [2.24, 2.45) is 12.8 Å². The van der Waals surface area contributed by atoms with Gasteiger partial charge in [0.05, 0.1) is 11.3 Å². The quantitative estimate of drug-likeness (QED) is 0.777. The molecule has 1 aliphatic rings. The molecule has 0 atom stereocenters. The Labute approximate surface area is 95.0 Å². The van der Waals surface area contributed by atoms with Crippen LogP contribution in [0.1, 0.15) is 24.1 Å². The van der Waals surface area contributed by atoms with Crippen LogP contribution in [0.5, 0.6) is 0 Å². The van der Waals surface area contributed by atoms with Crippen LogP contribution in [0, 0.1) is 6.92 Å². The van der Waals surface area contributed by atoms with E-state index in [0.29, 0.717) is 11.0 Å². The summed E-state index contributed by atoms with van der Waals surface area (Å²) in [5, 5.41) is 4.37. The number of aryl methyl sites for hydroxylation is 2. The van der Waals surface area contributed by atoms with Crippen molar-refractivity contribution in [2.45, 2.75) is 25.8 Å². The smallest absolute Gasteiger partial charge is 0.137 e. The minimum absolute atomic E-state index is 0.433. The van der Waals surface area contributed by atoms with Gasteiger partial charge in [0, 0.05) is 20.1 Å². The number of nitrogens with two attached hydrogens (primary N) is 1. The molecule has 0 aromatic carbocycles. The molecular weight excluding hydrogens is 208 g/mol. The van der Waals surface area contributed by atoms with E-state index in [4.69, 9.17) is 18.0 Å². The maximum absolute atomic E-state index is 5.74. The highest BCUT2D eigenvalue weighted by molar-refractivity contribution is 7.80. The van der Waals surface area contributed by atoms with Crippen LogP contribution < -0.4 is 10.6 Å². The lowest BCUT2D eigenvalue weighted by molar-refractivity contribution is 0.725. The first-order valence-corrected chi connectivity index (χ1v) is 5.49. The van der Waals surface area contributed by atoms with E-state index in [2.05, 4.69) is 17.0 Å². The molecule has 0 spiro atoms. The Balaban J connectivity index is 2.47. The largest absolute Gasteiger partial charge is 0.389 e. The number of hydrogen-bond donors (Lipinski definition) is 1. The summed E-state index contributed by atoms with van der Waals surface area (Å²) in [6.07, 6.45) is 2.50. The lowest BCUT2D eigenvalue weighted by atomic mass is 10.2. The van der Waals surface area contributed by atoms with Gasteiger partial charge >= 0.3 is 0 Å². The second kappa shape index (κ2) is 3.48. The zero-order chi connectivity index (χ0) is 11.2. The van der Waals surface area contributed by atoms with Crippen LogP contribution in [0.3, 0.4) is 0 Å². The van der Waals surface area contributed by atoms with Gasteiger partial charge in [-0.1, -0.05) is 12.2 Å². The van der Waals surface area contributed by atoms with Crippen molar-refractivity contribution in [3.8, 4) is 0 Å². The molecule has 0 aliphatic heterocycles. The molecule has 1 heterocycles. The predicted octanol–water partition coefficient (Wildman–Crippen LogP) is 0.961. The molecule has 0 amide bonds. The molecule has 0 bridgehead atoms. The first-order chi connectivity index (χ1) is 7.02. The zero-order valence-electron chi connectivity index (χ0n) is 9.32. The van der Waals surface area contributed by atoms with Gasteiger partial charge in [-0.15, -0.1) is 0 Å². The summed E-state index contributed by atoms with van der Waals surface area (Å²) in [6.45, 7) is 1.94. The normalized spacial score (nSPS) is 15.4. The molecule has 2 rings (SSSR count). The highest BCUT2D eigenvalue weighted by atomic mass is 32.1. The summed E-state index contributed by atoms with van der Waals surface area (Å²) in [7, 11) is 4.01. The molecule has 1 aromatic rings. The number of thiocarbonyl (C=S) groups is 1. The van der Waals surface area contributed by atoms with Crippen LogP contribution >= 0.6 is 12.2 Å². The fourth-order valence-electron chi connectivity index (χ4n) is 1.97. The standard InChI is InChI=1S/C10H16N4S/c1-6-8(9(11)15)10(14(3)12-6)13(2)7-4-5-7/h7H,4-5H2,1-3H3,(H2,11,15). The molecule has 82 valence electrons. The van der Waals surface area contributed by atoms with Crippen molar-refractivity contribution < 1.29 is 0 Å². The Morgan fingerprint density at radius 3 is 2.67 bits per heavy atom.